The molecule has 176 valence electrons. The monoisotopic (exact) mass is 456 g/mol. The van der Waals surface area contributed by atoms with E-state index < -0.39 is 15.4 Å². The van der Waals surface area contributed by atoms with Gasteiger partial charge < -0.3 is 9.66 Å². The second-order valence-corrected chi connectivity index (χ2v) is 10.4. The second kappa shape index (κ2) is 24.5. The van der Waals surface area contributed by atoms with Gasteiger partial charge in [-0.15, -0.1) is 0 Å². The van der Waals surface area contributed by atoms with Crippen LogP contribution in [0.25, 0.3) is 0 Å². The predicted octanol–water partition coefficient (Wildman–Crippen LogP) is 4.11. The van der Waals surface area contributed by atoms with Crippen LogP contribution in [0.2, 0.25) is 0 Å². The molecular formula is C24H49NaO4S. The van der Waals surface area contributed by atoms with E-state index in [2.05, 4.69) is 6.92 Å². The first-order chi connectivity index (χ1) is 14.0. The van der Waals surface area contributed by atoms with Crippen molar-refractivity contribution in [2.45, 2.75) is 147 Å². The third kappa shape index (κ3) is 23.5. The van der Waals surface area contributed by atoms with Gasteiger partial charge in [0.15, 0.2) is 0 Å². The van der Waals surface area contributed by atoms with E-state index in [1.807, 2.05) is 0 Å². The van der Waals surface area contributed by atoms with E-state index in [0.29, 0.717) is 19.4 Å². The van der Waals surface area contributed by atoms with E-state index in [4.69, 9.17) is 5.11 Å². The minimum absolute atomic E-state index is 0. The first-order valence-corrected chi connectivity index (χ1v) is 14.0. The van der Waals surface area contributed by atoms with Crippen molar-refractivity contribution >= 4 is 10.1 Å². The van der Waals surface area contributed by atoms with Gasteiger partial charge in [0.05, 0.1) is 10.1 Å². The molecule has 0 aromatic carbocycles. The van der Waals surface area contributed by atoms with E-state index in [0.717, 1.165) is 51.4 Å². The fourth-order valence-electron chi connectivity index (χ4n) is 4.01. The molecule has 30 heavy (non-hydrogen) atoms. The van der Waals surface area contributed by atoms with Crippen molar-refractivity contribution in [2.24, 2.45) is 0 Å². The van der Waals surface area contributed by atoms with Crippen LogP contribution in [0, 0.1) is 0 Å². The van der Waals surface area contributed by atoms with Gasteiger partial charge in [-0.25, -0.2) is 8.42 Å². The Balaban J connectivity index is 0. The van der Waals surface area contributed by atoms with Crippen molar-refractivity contribution in [2.75, 3.05) is 6.61 Å². The standard InChI is InChI=1S/C24H50O4S.Na/c1-2-3-4-5-6-7-9-12-15-18-21-24(29(26,27)28)22-19-16-13-10-8-11-14-17-20-23-25;/h24-25H,2-23H2,1H3,(H,26,27,28);/q;+1/p-1. The summed E-state index contributed by atoms with van der Waals surface area (Å²) in [5, 5.41) is 8.07. The largest absolute Gasteiger partial charge is 1.00 e. The molecule has 0 radical (unpaired) electrons. The fraction of sp³-hybridized carbons (Fsp3) is 1.00. The smallest absolute Gasteiger partial charge is 0.748 e. The summed E-state index contributed by atoms with van der Waals surface area (Å²) in [6, 6.07) is 0. The molecule has 0 aliphatic rings. The third-order valence-corrected chi connectivity index (χ3v) is 7.26. The van der Waals surface area contributed by atoms with Crippen LogP contribution in [0.3, 0.4) is 0 Å². The van der Waals surface area contributed by atoms with Crippen molar-refractivity contribution < 1.29 is 47.6 Å². The predicted molar refractivity (Wildman–Crippen MR) is 123 cm³/mol. The Morgan fingerprint density at radius 3 is 1.20 bits per heavy atom. The molecule has 0 aromatic heterocycles. The number of aliphatic hydroxyl groups is 1. The number of hydrogen-bond donors (Lipinski definition) is 1. The van der Waals surface area contributed by atoms with Crippen LogP contribution in [-0.2, 0) is 10.1 Å². The molecule has 0 saturated heterocycles. The molecule has 4 nitrogen and oxygen atoms in total. The zero-order valence-electron chi connectivity index (χ0n) is 20.2. The van der Waals surface area contributed by atoms with Crippen molar-refractivity contribution in [1.82, 2.24) is 0 Å². The van der Waals surface area contributed by atoms with Gasteiger partial charge in [0, 0.05) is 11.9 Å². The van der Waals surface area contributed by atoms with Gasteiger partial charge in [-0.2, -0.15) is 0 Å². The summed E-state index contributed by atoms with van der Waals surface area (Å²) in [7, 11) is -4.16. The Hall–Kier alpha value is 0.870. The van der Waals surface area contributed by atoms with Crippen molar-refractivity contribution in [3.05, 3.63) is 0 Å². The van der Waals surface area contributed by atoms with Gasteiger partial charge in [0.25, 0.3) is 0 Å². The summed E-state index contributed by atoms with van der Waals surface area (Å²) in [6.45, 7) is 2.53. The molecule has 0 bridgehead atoms. The molecule has 0 amide bonds. The van der Waals surface area contributed by atoms with Gasteiger partial charge in [-0.3, -0.25) is 0 Å². The molecule has 6 heteroatoms. The minimum atomic E-state index is -4.16. The van der Waals surface area contributed by atoms with Crippen LogP contribution in [0.5, 0.6) is 0 Å². The Kier molecular flexibility index (Phi) is 27.0. The summed E-state index contributed by atoms with van der Waals surface area (Å²) in [4.78, 5) is 0. The topological polar surface area (TPSA) is 77.4 Å². The summed E-state index contributed by atoms with van der Waals surface area (Å²) in [5.41, 5.74) is 0. The summed E-state index contributed by atoms with van der Waals surface area (Å²) >= 11 is 0. The average molecular weight is 457 g/mol. The molecule has 0 heterocycles. The maximum atomic E-state index is 11.5. The van der Waals surface area contributed by atoms with E-state index in [1.165, 1.54) is 70.6 Å². The Morgan fingerprint density at radius 2 is 0.900 bits per heavy atom. The molecule has 0 spiro atoms. The van der Waals surface area contributed by atoms with Crippen LogP contribution in [0.15, 0.2) is 0 Å². The summed E-state index contributed by atoms with van der Waals surface area (Å²) < 4.78 is 34.6. The number of aliphatic hydroxyl groups excluding tert-OH is 1. The van der Waals surface area contributed by atoms with Gasteiger partial charge in [0.1, 0.15) is 0 Å². The van der Waals surface area contributed by atoms with E-state index in [1.54, 1.807) is 0 Å². The third-order valence-electron chi connectivity index (χ3n) is 5.97. The van der Waals surface area contributed by atoms with Crippen LogP contribution < -0.4 is 29.6 Å². The normalized spacial score (nSPS) is 12.6. The van der Waals surface area contributed by atoms with Crippen molar-refractivity contribution in [1.29, 1.82) is 0 Å². The van der Waals surface area contributed by atoms with Crippen LogP contribution in [0.1, 0.15) is 142 Å². The van der Waals surface area contributed by atoms with Gasteiger partial charge in [0.2, 0.25) is 0 Å². The van der Waals surface area contributed by atoms with Crippen LogP contribution in [-0.4, -0.2) is 29.9 Å². The van der Waals surface area contributed by atoms with Gasteiger partial charge in [-0.1, -0.05) is 122 Å². The molecule has 0 fully saturated rings. The zero-order chi connectivity index (χ0) is 21.6. The Bertz CT molecular complexity index is 405. The molecule has 1 N–H and O–H groups in total. The van der Waals surface area contributed by atoms with Gasteiger partial charge in [-0.05, 0) is 19.3 Å². The summed E-state index contributed by atoms with van der Waals surface area (Å²) in [6.07, 6.45) is 23.2. The number of unbranched alkanes of at least 4 members (excludes halogenated alkanes) is 17. The molecule has 1 atom stereocenters. The van der Waals surface area contributed by atoms with Crippen molar-refractivity contribution in [3.8, 4) is 0 Å². The molecule has 0 aliphatic carbocycles. The van der Waals surface area contributed by atoms with Crippen molar-refractivity contribution in [3.63, 3.8) is 0 Å². The molecule has 0 rings (SSSR count). The second-order valence-electron chi connectivity index (χ2n) is 8.78. The first-order valence-electron chi connectivity index (χ1n) is 12.6. The van der Waals surface area contributed by atoms with Crippen LogP contribution >= 0.6 is 0 Å². The maximum Gasteiger partial charge on any atom is 1.00 e. The minimum Gasteiger partial charge on any atom is -0.748 e. The molecule has 0 saturated carbocycles. The average Bonchev–Trinajstić information content (AvgIpc) is 2.68. The van der Waals surface area contributed by atoms with E-state index in [9.17, 15) is 13.0 Å². The fourth-order valence-corrected chi connectivity index (χ4v) is 4.92. The first kappa shape index (κ1) is 33.0. The van der Waals surface area contributed by atoms with Crippen LogP contribution in [0.4, 0.5) is 0 Å². The number of rotatable bonds is 23. The Morgan fingerprint density at radius 1 is 0.600 bits per heavy atom. The number of hydrogen-bond acceptors (Lipinski definition) is 4. The molecular weight excluding hydrogens is 407 g/mol. The molecule has 0 aromatic rings. The Labute approximate surface area is 210 Å². The summed E-state index contributed by atoms with van der Waals surface area (Å²) in [5.74, 6) is 0. The van der Waals surface area contributed by atoms with E-state index >= 15 is 0 Å². The van der Waals surface area contributed by atoms with Gasteiger partial charge >= 0.3 is 29.6 Å². The maximum absolute atomic E-state index is 11.5. The van der Waals surface area contributed by atoms with E-state index in [-0.39, 0.29) is 29.6 Å². The zero-order valence-corrected chi connectivity index (χ0v) is 23.0. The molecule has 1 unspecified atom stereocenters. The quantitative estimate of drug-likeness (QED) is 0.143. The SMILES string of the molecule is CCCCCCCCCCCCC(CCCCCCCCCCCO)S(=O)(=O)[O-].[Na+]. The molecule has 0 aliphatic heterocycles.